The molecule has 0 bridgehead atoms. The Balaban J connectivity index is 1.35. The highest BCUT2D eigenvalue weighted by Crippen LogP contribution is 2.30. The van der Waals surface area contributed by atoms with Crippen molar-refractivity contribution in [3.05, 3.63) is 12.2 Å². The van der Waals surface area contributed by atoms with E-state index in [1.807, 2.05) is 0 Å². The maximum atomic E-state index is 13.2. The molecule has 5 heterocycles. The van der Waals surface area contributed by atoms with E-state index in [1.165, 1.54) is 19.3 Å². The average molecular weight is 412 g/mol. The minimum atomic E-state index is 0.0531. The minimum Gasteiger partial charge on any atom is -0.354 e. The molecule has 2 saturated heterocycles. The fraction of sp³-hybridized carbons (Fsp3) is 0.727. The third-order valence-corrected chi connectivity index (χ3v) is 7.08. The van der Waals surface area contributed by atoms with Crippen molar-refractivity contribution in [3.8, 4) is 0 Å². The Bertz CT molecular complexity index is 902. The average Bonchev–Trinajstić information content (AvgIpc) is 2.99. The first-order chi connectivity index (χ1) is 14.7. The van der Waals surface area contributed by atoms with Gasteiger partial charge in [-0.15, -0.1) is 0 Å². The van der Waals surface area contributed by atoms with Crippen molar-refractivity contribution in [1.29, 1.82) is 0 Å². The van der Waals surface area contributed by atoms with E-state index in [9.17, 15) is 4.79 Å². The molecule has 162 valence electrons. The van der Waals surface area contributed by atoms with Crippen LogP contribution >= 0.6 is 0 Å². The van der Waals surface area contributed by atoms with Gasteiger partial charge in [0.15, 0.2) is 17.0 Å². The fourth-order valence-corrected chi connectivity index (χ4v) is 5.27. The third-order valence-electron chi connectivity index (χ3n) is 7.08. The first-order valence-corrected chi connectivity index (χ1v) is 11.7. The van der Waals surface area contributed by atoms with E-state index in [-0.39, 0.29) is 5.92 Å². The van der Waals surface area contributed by atoms with Gasteiger partial charge in [-0.25, -0.2) is 15.0 Å². The highest BCUT2D eigenvalue weighted by Gasteiger charge is 2.32. The number of imidazole rings is 1. The Morgan fingerprint density at radius 3 is 2.73 bits per heavy atom. The molecule has 30 heavy (non-hydrogen) atoms. The number of fused-ring (bicyclic) bond motifs is 3. The van der Waals surface area contributed by atoms with Crippen LogP contribution in [0.2, 0.25) is 0 Å². The van der Waals surface area contributed by atoms with Crippen molar-refractivity contribution in [1.82, 2.24) is 29.3 Å². The number of carbonyl (C=O) groups is 1. The summed E-state index contributed by atoms with van der Waals surface area (Å²) in [4.78, 5) is 34.2. The monoisotopic (exact) mass is 411 g/mol. The highest BCUT2D eigenvalue weighted by molar-refractivity contribution is 5.85. The zero-order chi connectivity index (χ0) is 20.5. The van der Waals surface area contributed by atoms with Gasteiger partial charge in [0, 0.05) is 52.2 Å². The van der Waals surface area contributed by atoms with Crippen molar-refractivity contribution in [2.24, 2.45) is 5.92 Å². The van der Waals surface area contributed by atoms with Gasteiger partial charge in [0.2, 0.25) is 5.91 Å². The lowest BCUT2D eigenvalue weighted by Gasteiger charge is -2.39. The lowest BCUT2D eigenvalue weighted by atomic mass is 9.96. The Morgan fingerprint density at radius 2 is 1.90 bits per heavy atom. The second-order valence-corrected chi connectivity index (χ2v) is 8.90. The molecular formula is C22H33N7O. The first kappa shape index (κ1) is 19.7. The number of aromatic nitrogens is 4. The van der Waals surface area contributed by atoms with Crippen molar-refractivity contribution in [2.75, 3.05) is 50.7 Å². The minimum absolute atomic E-state index is 0.0531. The van der Waals surface area contributed by atoms with E-state index >= 15 is 0 Å². The summed E-state index contributed by atoms with van der Waals surface area (Å²) in [6, 6.07) is 0. The summed E-state index contributed by atoms with van der Waals surface area (Å²) in [7, 11) is 0. The highest BCUT2D eigenvalue weighted by atomic mass is 16.2. The SMILES string of the molecule is CCN1CCN(C(=O)[C@H]2CCCN(c3ncnc4c3nc3n4CCCCC3)C2)CC1. The quantitative estimate of drug-likeness (QED) is 0.769. The molecule has 0 N–H and O–H groups in total. The number of aryl methyl sites for hydroxylation is 2. The smallest absolute Gasteiger partial charge is 0.227 e. The number of amides is 1. The Kier molecular flexibility index (Phi) is 5.58. The molecule has 1 atom stereocenters. The molecule has 3 aliphatic heterocycles. The van der Waals surface area contributed by atoms with E-state index in [0.717, 1.165) is 94.4 Å². The number of piperazine rings is 1. The zero-order valence-corrected chi connectivity index (χ0v) is 18.1. The van der Waals surface area contributed by atoms with Gasteiger partial charge in [-0.2, -0.15) is 0 Å². The number of piperidine rings is 1. The molecule has 8 heteroatoms. The fourth-order valence-electron chi connectivity index (χ4n) is 5.27. The van der Waals surface area contributed by atoms with Crippen LogP contribution in [0.1, 0.15) is 44.9 Å². The zero-order valence-electron chi connectivity index (χ0n) is 18.1. The Hall–Kier alpha value is -2.22. The largest absolute Gasteiger partial charge is 0.354 e. The summed E-state index contributed by atoms with van der Waals surface area (Å²) in [6.45, 7) is 9.61. The summed E-state index contributed by atoms with van der Waals surface area (Å²) in [5.74, 6) is 2.43. The van der Waals surface area contributed by atoms with E-state index in [4.69, 9.17) is 4.98 Å². The van der Waals surface area contributed by atoms with Crippen LogP contribution in [0, 0.1) is 5.92 Å². The van der Waals surface area contributed by atoms with Crippen LogP contribution in [0.3, 0.4) is 0 Å². The first-order valence-electron chi connectivity index (χ1n) is 11.7. The van der Waals surface area contributed by atoms with Gasteiger partial charge in [-0.3, -0.25) is 4.79 Å². The maximum absolute atomic E-state index is 13.2. The van der Waals surface area contributed by atoms with Gasteiger partial charge >= 0.3 is 0 Å². The molecule has 0 aliphatic carbocycles. The summed E-state index contributed by atoms with van der Waals surface area (Å²) < 4.78 is 2.29. The van der Waals surface area contributed by atoms with Crippen molar-refractivity contribution < 1.29 is 4.79 Å². The van der Waals surface area contributed by atoms with Gasteiger partial charge in [0.25, 0.3) is 0 Å². The van der Waals surface area contributed by atoms with Gasteiger partial charge in [0.1, 0.15) is 12.2 Å². The van der Waals surface area contributed by atoms with Crippen molar-refractivity contribution in [3.63, 3.8) is 0 Å². The van der Waals surface area contributed by atoms with Gasteiger partial charge in [0.05, 0.1) is 5.92 Å². The summed E-state index contributed by atoms with van der Waals surface area (Å²) >= 11 is 0. The van der Waals surface area contributed by atoms with E-state index in [1.54, 1.807) is 6.33 Å². The van der Waals surface area contributed by atoms with Crippen LogP contribution in [0.4, 0.5) is 5.82 Å². The van der Waals surface area contributed by atoms with Crippen LogP contribution in [0.5, 0.6) is 0 Å². The summed E-state index contributed by atoms with van der Waals surface area (Å²) in [5.41, 5.74) is 1.88. The Labute approximate surface area is 178 Å². The van der Waals surface area contributed by atoms with Crippen LogP contribution < -0.4 is 4.90 Å². The molecule has 3 aliphatic rings. The van der Waals surface area contributed by atoms with Gasteiger partial charge in [-0.05, 0) is 32.2 Å². The molecule has 0 saturated carbocycles. The van der Waals surface area contributed by atoms with Gasteiger partial charge in [-0.1, -0.05) is 13.3 Å². The molecular weight excluding hydrogens is 378 g/mol. The number of hydrogen-bond acceptors (Lipinski definition) is 6. The molecule has 2 fully saturated rings. The number of rotatable bonds is 3. The Morgan fingerprint density at radius 1 is 1.03 bits per heavy atom. The normalized spacial score (nSPS) is 23.4. The number of carbonyl (C=O) groups excluding carboxylic acids is 1. The predicted octanol–water partition coefficient (Wildman–Crippen LogP) is 1.93. The predicted molar refractivity (Wildman–Crippen MR) is 117 cm³/mol. The van der Waals surface area contributed by atoms with Crippen molar-refractivity contribution in [2.45, 2.75) is 52.0 Å². The molecule has 0 unspecified atom stereocenters. The number of nitrogens with zero attached hydrogens (tertiary/aromatic N) is 7. The molecule has 0 spiro atoms. The van der Waals surface area contributed by atoms with Gasteiger partial charge < -0.3 is 19.3 Å². The molecule has 1 amide bonds. The topological polar surface area (TPSA) is 70.4 Å². The van der Waals surface area contributed by atoms with E-state index < -0.39 is 0 Å². The summed E-state index contributed by atoms with van der Waals surface area (Å²) in [5, 5.41) is 0. The molecule has 5 rings (SSSR count). The molecule has 2 aromatic heterocycles. The van der Waals surface area contributed by atoms with Crippen molar-refractivity contribution >= 4 is 22.9 Å². The lowest BCUT2D eigenvalue weighted by Crippen LogP contribution is -2.52. The standard InChI is InChI=1S/C22H33N7O/c1-2-26-11-13-27(14-12-26)22(30)17-7-6-9-28(15-17)20-19-21(24-16-23-20)29-10-5-3-4-8-18(29)25-19/h16-17H,2-15H2,1H3/t17-/m0/s1. The molecule has 0 radical (unpaired) electrons. The van der Waals surface area contributed by atoms with Crippen LogP contribution in [-0.4, -0.2) is 81.0 Å². The lowest BCUT2D eigenvalue weighted by molar-refractivity contribution is -0.137. The maximum Gasteiger partial charge on any atom is 0.227 e. The van der Waals surface area contributed by atoms with E-state index in [2.05, 4.69) is 36.2 Å². The molecule has 0 aromatic carbocycles. The second kappa shape index (κ2) is 8.49. The molecule has 2 aromatic rings. The van der Waals surface area contributed by atoms with E-state index in [0.29, 0.717) is 5.91 Å². The van der Waals surface area contributed by atoms with Crippen LogP contribution in [0.15, 0.2) is 6.33 Å². The number of anilines is 1. The number of hydrogen-bond donors (Lipinski definition) is 0. The van der Waals surface area contributed by atoms with Crippen LogP contribution in [-0.2, 0) is 17.8 Å². The van der Waals surface area contributed by atoms with Crippen LogP contribution in [0.25, 0.3) is 11.2 Å². The molecule has 8 nitrogen and oxygen atoms in total. The second-order valence-electron chi connectivity index (χ2n) is 8.90. The number of likely N-dealkylation sites (N-methyl/N-ethyl adjacent to an activating group) is 1. The third kappa shape index (κ3) is 3.66. The summed E-state index contributed by atoms with van der Waals surface area (Å²) in [6.07, 6.45) is 8.31.